The summed E-state index contributed by atoms with van der Waals surface area (Å²) in [5, 5.41) is 4.64. The van der Waals surface area contributed by atoms with Crippen LogP contribution in [0.2, 0.25) is 0 Å². The maximum atomic E-state index is 12.6. The molecule has 0 aliphatic rings. The van der Waals surface area contributed by atoms with Gasteiger partial charge in [0.25, 0.3) is 0 Å². The highest BCUT2D eigenvalue weighted by atomic mass is 32.2. The van der Waals surface area contributed by atoms with Crippen LogP contribution in [0.1, 0.15) is 25.8 Å². The van der Waals surface area contributed by atoms with Crippen molar-refractivity contribution in [3.8, 4) is 11.5 Å². The molecule has 176 valence electrons. The number of rotatable bonds is 12. The van der Waals surface area contributed by atoms with E-state index in [0.29, 0.717) is 37.7 Å². The molecule has 0 radical (unpaired) electrons. The van der Waals surface area contributed by atoms with Gasteiger partial charge in [-0.05, 0) is 60.9 Å². The SMILES string of the molecule is CCOc1ccc(CCNC(=O)CCNS(=O)(=O)c2ccc3ccccc3c2)cc1OCC. The van der Waals surface area contributed by atoms with Crippen molar-refractivity contribution >= 4 is 26.7 Å². The Morgan fingerprint density at radius 2 is 1.58 bits per heavy atom. The largest absolute Gasteiger partial charge is 0.490 e. The lowest BCUT2D eigenvalue weighted by Crippen LogP contribution is -2.31. The number of carbonyl (C=O) groups is 1. The summed E-state index contributed by atoms with van der Waals surface area (Å²) in [6, 6.07) is 18.3. The lowest BCUT2D eigenvalue weighted by atomic mass is 10.1. The van der Waals surface area contributed by atoms with E-state index in [1.165, 1.54) is 0 Å². The summed E-state index contributed by atoms with van der Waals surface area (Å²) in [5.41, 5.74) is 1.01. The van der Waals surface area contributed by atoms with Crippen LogP contribution >= 0.6 is 0 Å². The summed E-state index contributed by atoms with van der Waals surface area (Å²) < 4.78 is 38.8. The van der Waals surface area contributed by atoms with Gasteiger partial charge >= 0.3 is 0 Å². The summed E-state index contributed by atoms with van der Waals surface area (Å²) in [5.74, 6) is 1.17. The monoisotopic (exact) mass is 470 g/mol. The fourth-order valence-corrected chi connectivity index (χ4v) is 4.47. The molecule has 1 amide bonds. The molecule has 8 heteroatoms. The predicted molar refractivity (Wildman–Crippen MR) is 129 cm³/mol. The van der Waals surface area contributed by atoms with Crippen LogP contribution in [0, 0.1) is 0 Å². The zero-order chi connectivity index (χ0) is 23.7. The molecule has 0 fully saturated rings. The Kier molecular flexibility index (Phi) is 8.68. The molecule has 0 aliphatic carbocycles. The van der Waals surface area contributed by atoms with Crippen LogP contribution in [0.3, 0.4) is 0 Å². The van der Waals surface area contributed by atoms with Gasteiger partial charge in [-0.1, -0.05) is 36.4 Å². The standard InChI is InChI=1S/C25H30N2O5S/c1-3-31-23-12-9-19(17-24(23)32-4-2)13-15-26-25(28)14-16-27-33(29,30)22-11-10-20-7-5-6-8-21(20)18-22/h5-12,17-18,27H,3-4,13-16H2,1-2H3,(H,26,28). The fourth-order valence-electron chi connectivity index (χ4n) is 3.40. The Hall–Kier alpha value is -3.10. The third kappa shape index (κ3) is 6.94. The van der Waals surface area contributed by atoms with Crippen molar-refractivity contribution in [3.63, 3.8) is 0 Å². The maximum Gasteiger partial charge on any atom is 0.240 e. The summed E-state index contributed by atoms with van der Waals surface area (Å²) in [6.07, 6.45) is 0.682. The highest BCUT2D eigenvalue weighted by molar-refractivity contribution is 7.89. The van der Waals surface area contributed by atoms with Crippen LogP contribution < -0.4 is 19.5 Å². The summed E-state index contributed by atoms with van der Waals surface area (Å²) in [7, 11) is -3.69. The molecule has 33 heavy (non-hydrogen) atoms. The van der Waals surface area contributed by atoms with Crippen molar-refractivity contribution in [2.24, 2.45) is 0 Å². The van der Waals surface area contributed by atoms with Gasteiger partial charge in [0.15, 0.2) is 11.5 Å². The zero-order valence-corrected chi connectivity index (χ0v) is 19.8. The zero-order valence-electron chi connectivity index (χ0n) is 19.0. The van der Waals surface area contributed by atoms with E-state index in [0.717, 1.165) is 16.3 Å². The molecular formula is C25H30N2O5S. The van der Waals surface area contributed by atoms with E-state index in [2.05, 4.69) is 10.0 Å². The summed E-state index contributed by atoms with van der Waals surface area (Å²) >= 11 is 0. The van der Waals surface area contributed by atoms with Gasteiger partial charge in [-0.3, -0.25) is 4.79 Å². The predicted octanol–water partition coefficient (Wildman–Crippen LogP) is 3.66. The van der Waals surface area contributed by atoms with E-state index in [9.17, 15) is 13.2 Å². The average molecular weight is 471 g/mol. The first-order valence-electron chi connectivity index (χ1n) is 11.1. The molecule has 3 rings (SSSR count). The van der Waals surface area contributed by atoms with E-state index in [-0.39, 0.29) is 23.8 Å². The van der Waals surface area contributed by atoms with Crippen LogP contribution in [-0.4, -0.2) is 40.6 Å². The molecular weight excluding hydrogens is 440 g/mol. The van der Waals surface area contributed by atoms with Crippen LogP contribution in [0.5, 0.6) is 11.5 Å². The van der Waals surface area contributed by atoms with Crippen LogP contribution in [-0.2, 0) is 21.2 Å². The molecule has 2 N–H and O–H groups in total. The molecule has 0 saturated carbocycles. The number of carbonyl (C=O) groups excluding carboxylic acids is 1. The third-order valence-electron chi connectivity index (χ3n) is 5.02. The topological polar surface area (TPSA) is 93.7 Å². The number of sulfonamides is 1. The van der Waals surface area contributed by atoms with Crippen LogP contribution in [0.25, 0.3) is 10.8 Å². The minimum atomic E-state index is -3.69. The van der Waals surface area contributed by atoms with Crippen molar-refractivity contribution < 1.29 is 22.7 Å². The number of benzene rings is 3. The Morgan fingerprint density at radius 1 is 0.848 bits per heavy atom. The van der Waals surface area contributed by atoms with E-state index < -0.39 is 10.0 Å². The number of hydrogen-bond donors (Lipinski definition) is 2. The first-order chi connectivity index (χ1) is 15.9. The van der Waals surface area contributed by atoms with Gasteiger partial charge in [0.1, 0.15) is 0 Å². The normalized spacial score (nSPS) is 11.3. The van der Waals surface area contributed by atoms with Crippen molar-refractivity contribution in [1.82, 2.24) is 10.0 Å². The Labute approximate surface area is 195 Å². The van der Waals surface area contributed by atoms with E-state index in [4.69, 9.17) is 9.47 Å². The van der Waals surface area contributed by atoms with Crippen molar-refractivity contribution in [1.29, 1.82) is 0 Å². The highest BCUT2D eigenvalue weighted by Gasteiger charge is 2.15. The molecule has 0 spiro atoms. The van der Waals surface area contributed by atoms with Gasteiger partial charge in [0.2, 0.25) is 15.9 Å². The lowest BCUT2D eigenvalue weighted by Gasteiger charge is -2.13. The summed E-state index contributed by atoms with van der Waals surface area (Å²) in [6.45, 7) is 5.39. The van der Waals surface area contributed by atoms with E-state index >= 15 is 0 Å². The van der Waals surface area contributed by atoms with E-state index in [1.54, 1.807) is 18.2 Å². The Balaban J connectivity index is 1.46. The minimum absolute atomic E-state index is 0.0263. The number of ether oxygens (including phenoxy) is 2. The second kappa shape index (κ2) is 11.7. The summed E-state index contributed by atoms with van der Waals surface area (Å²) in [4.78, 5) is 12.3. The number of fused-ring (bicyclic) bond motifs is 1. The average Bonchev–Trinajstić information content (AvgIpc) is 2.80. The van der Waals surface area contributed by atoms with Crippen molar-refractivity contribution in [3.05, 3.63) is 66.2 Å². The highest BCUT2D eigenvalue weighted by Crippen LogP contribution is 2.28. The number of hydrogen-bond acceptors (Lipinski definition) is 5. The quantitative estimate of drug-likeness (QED) is 0.421. The fraction of sp³-hybridized carbons (Fsp3) is 0.320. The van der Waals surface area contributed by atoms with Gasteiger partial charge < -0.3 is 14.8 Å². The molecule has 0 saturated heterocycles. The Bertz CT molecular complexity index is 1190. The van der Waals surface area contributed by atoms with Crippen LogP contribution in [0.4, 0.5) is 0 Å². The molecule has 0 atom stereocenters. The molecule has 7 nitrogen and oxygen atoms in total. The van der Waals surface area contributed by atoms with Gasteiger partial charge in [-0.15, -0.1) is 0 Å². The first kappa shape index (κ1) is 24.5. The molecule has 3 aromatic carbocycles. The molecule has 3 aromatic rings. The lowest BCUT2D eigenvalue weighted by molar-refractivity contribution is -0.120. The molecule has 0 bridgehead atoms. The second-order valence-corrected chi connectivity index (χ2v) is 9.17. The molecule has 0 unspecified atom stereocenters. The molecule has 0 aromatic heterocycles. The smallest absolute Gasteiger partial charge is 0.240 e. The van der Waals surface area contributed by atoms with Crippen molar-refractivity contribution in [2.75, 3.05) is 26.3 Å². The van der Waals surface area contributed by atoms with Gasteiger partial charge in [0.05, 0.1) is 18.1 Å². The van der Waals surface area contributed by atoms with Crippen LogP contribution in [0.15, 0.2) is 65.6 Å². The minimum Gasteiger partial charge on any atom is -0.490 e. The van der Waals surface area contributed by atoms with Gasteiger partial charge in [0, 0.05) is 19.5 Å². The Morgan fingerprint density at radius 3 is 2.33 bits per heavy atom. The number of nitrogens with one attached hydrogen (secondary N) is 2. The molecule has 0 heterocycles. The first-order valence-corrected chi connectivity index (χ1v) is 12.5. The van der Waals surface area contributed by atoms with E-state index in [1.807, 2.05) is 56.3 Å². The second-order valence-electron chi connectivity index (χ2n) is 7.40. The van der Waals surface area contributed by atoms with Gasteiger partial charge in [-0.25, -0.2) is 13.1 Å². The molecule has 0 aliphatic heterocycles. The van der Waals surface area contributed by atoms with Gasteiger partial charge in [-0.2, -0.15) is 0 Å². The van der Waals surface area contributed by atoms with Crippen molar-refractivity contribution in [2.45, 2.75) is 31.6 Å². The maximum absolute atomic E-state index is 12.6. The third-order valence-corrected chi connectivity index (χ3v) is 6.48. The number of amides is 1.